The highest BCUT2D eigenvalue weighted by Gasteiger charge is 2.11. The van der Waals surface area contributed by atoms with Crippen molar-refractivity contribution in [1.29, 1.82) is 0 Å². The van der Waals surface area contributed by atoms with Crippen LogP contribution in [0.3, 0.4) is 0 Å². The Balaban J connectivity index is 2.28. The van der Waals surface area contributed by atoms with Crippen LogP contribution in [0.1, 0.15) is 23.0 Å². The van der Waals surface area contributed by atoms with Crippen LogP contribution in [0.4, 0.5) is 0 Å². The van der Waals surface area contributed by atoms with Crippen LogP contribution in [0, 0.1) is 6.92 Å². The van der Waals surface area contributed by atoms with Gasteiger partial charge in [-0.25, -0.2) is 0 Å². The number of hydrogen-bond acceptors (Lipinski definition) is 5. The molecule has 5 heteroatoms. The molecule has 72 valence electrons. The van der Waals surface area contributed by atoms with Crippen molar-refractivity contribution in [2.75, 3.05) is 0 Å². The maximum absolute atomic E-state index is 5.97. The molecule has 0 radical (unpaired) electrons. The average molecular weight is 206 g/mol. The molecule has 2 aromatic rings. The fourth-order valence-corrected chi connectivity index (χ4v) is 1.63. The van der Waals surface area contributed by atoms with Gasteiger partial charge >= 0.3 is 0 Å². The molecular formula is C9H10N4S. The lowest BCUT2D eigenvalue weighted by molar-refractivity contribution is 0.811. The molecule has 0 saturated carbocycles. The van der Waals surface area contributed by atoms with Crippen LogP contribution in [0.5, 0.6) is 0 Å². The van der Waals surface area contributed by atoms with Crippen molar-refractivity contribution in [1.82, 2.24) is 14.6 Å². The van der Waals surface area contributed by atoms with Crippen LogP contribution < -0.4 is 5.73 Å². The summed E-state index contributed by atoms with van der Waals surface area (Å²) >= 11 is 1.30. The second kappa shape index (κ2) is 3.81. The molecule has 0 aromatic carbocycles. The summed E-state index contributed by atoms with van der Waals surface area (Å²) in [4.78, 5) is 4.19. The van der Waals surface area contributed by atoms with Crippen molar-refractivity contribution in [2.24, 2.45) is 5.73 Å². The molecule has 14 heavy (non-hydrogen) atoms. The molecule has 4 nitrogen and oxygen atoms in total. The zero-order chi connectivity index (χ0) is 9.97. The van der Waals surface area contributed by atoms with Crippen LogP contribution >= 0.6 is 11.5 Å². The molecule has 0 aliphatic heterocycles. The Hall–Kier alpha value is -1.33. The van der Waals surface area contributed by atoms with Crippen molar-refractivity contribution in [2.45, 2.75) is 13.0 Å². The minimum atomic E-state index is -0.221. The van der Waals surface area contributed by atoms with Gasteiger partial charge in [-0.3, -0.25) is 4.98 Å². The van der Waals surface area contributed by atoms with Crippen molar-refractivity contribution in [3.8, 4) is 0 Å². The van der Waals surface area contributed by atoms with E-state index in [0.717, 1.165) is 17.0 Å². The van der Waals surface area contributed by atoms with E-state index in [9.17, 15) is 0 Å². The second-order valence-electron chi connectivity index (χ2n) is 3.04. The third-order valence-corrected chi connectivity index (χ3v) is 2.51. The summed E-state index contributed by atoms with van der Waals surface area (Å²) in [6.07, 6.45) is 1.78. The Labute approximate surface area is 86.0 Å². The van der Waals surface area contributed by atoms with Crippen molar-refractivity contribution in [3.63, 3.8) is 0 Å². The Morgan fingerprint density at radius 1 is 1.43 bits per heavy atom. The number of nitrogens with two attached hydrogens (primary N) is 1. The Morgan fingerprint density at radius 2 is 2.29 bits per heavy atom. The van der Waals surface area contributed by atoms with Gasteiger partial charge in [0.05, 0.1) is 11.7 Å². The average Bonchev–Trinajstić information content (AvgIpc) is 2.71. The van der Waals surface area contributed by atoms with E-state index in [4.69, 9.17) is 5.73 Å². The van der Waals surface area contributed by atoms with Gasteiger partial charge in [0.15, 0.2) is 0 Å². The molecule has 2 heterocycles. The van der Waals surface area contributed by atoms with E-state index in [1.54, 1.807) is 6.20 Å². The van der Waals surface area contributed by atoms with Crippen molar-refractivity contribution in [3.05, 3.63) is 40.7 Å². The molecule has 0 aliphatic rings. The largest absolute Gasteiger partial charge is 0.319 e. The molecule has 0 spiro atoms. The summed E-state index contributed by atoms with van der Waals surface area (Å²) in [6, 6.07) is 3.68. The zero-order valence-corrected chi connectivity index (χ0v) is 8.53. The standard InChI is InChI=1S/C9H10N4S/c1-6-2-3-7(4-11-6)9(10)8-5-14-13-12-8/h2-5,9H,10H2,1H3. The molecule has 0 saturated heterocycles. The van der Waals surface area contributed by atoms with Gasteiger partial charge in [0.1, 0.15) is 0 Å². The summed E-state index contributed by atoms with van der Waals surface area (Å²) in [7, 11) is 0. The molecule has 2 aromatic heterocycles. The highest BCUT2D eigenvalue weighted by molar-refractivity contribution is 7.03. The van der Waals surface area contributed by atoms with Gasteiger partial charge < -0.3 is 5.73 Å². The Kier molecular flexibility index (Phi) is 2.51. The monoisotopic (exact) mass is 206 g/mol. The maximum atomic E-state index is 5.97. The number of rotatable bonds is 2. The van der Waals surface area contributed by atoms with E-state index in [-0.39, 0.29) is 6.04 Å². The summed E-state index contributed by atoms with van der Waals surface area (Å²) in [5.74, 6) is 0. The lowest BCUT2D eigenvalue weighted by atomic mass is 10.1. The number of aromatic nitrogens is 3. The van der Waals surface area contributed by atoms with Crippen LogP contribution in [0.2, 0.25) is 0 Å². The van der Waals surface area contributed by atoms with Crippen LogP contribution in [0.25, 0.3) is 0 Å². The number of hydrogen-bond donors (Lipinski definition) is 1. The molecular weight excluding hydrogens is 196 g/mol. The van der Waals surface area contributed by atoms with E-state index < -0.39 is 0 Å². The molecule has 0 amide bonds. The normalized spacial score (nSPS) is 12.7. The lowest BCUT2D eigenvalue weighted by Gasteiger charge is -2.07. The minimum Gasteiger partial charge on any atom is -0.319 e. The summed E-state index contributed by atoms with van der Waals surface area (Å²) < 4.78 is 3.78. The van der Waals surface area contributed by atoms with Crippen molar-refractivity contribution >= 4 is 11.5 Å². The SMILES string of the molecule is Cc1ccc(C(N)c2csnn2)cn1. The molecule has 1 unspecified atom stereocenters. The molecule has 1 atom stereocenters. The minimum absolute atomic E-state index is 0.221. The highest BCUT2D eigenvalue weighted by Crippen LogP contribution is 2.17. The van der Waals surface area contributed by atoms with E-state index in [2.05, 4.69) is 14.6 Å². The maximum Gasteiger partial charge on any atom is 0.0968 e. The summed E-state index contributed by atoms with van der Waals surface area (Å²) in [5.41, 5.74) is 8.71. The summed E-state index contributed by atoms with van der Waals surface area (Å²) in [5, 5.41) is 5.78. The zero-order valence-electron chi connectivity index (χ0n) is 7.71. The fourth-order valence-electron chi connectivity index (χ4n) is 1.14. The Bertz CT molecular complexity index is 395. The van der Waals surface area contributed by atoms with Crippen LogP contribution in [0.15, 0.2) is 23.7 Å². The smallest absolute Gasteiger partial charge is 0.0968 e. The van der Waals surface area contributed by atoms with Gasteiger partial charge in [0.2, 0.25) is 0 Å². The number of aryl methyl sites for hydroxylation is 1. The van der Waals surface area contributed by atoms with E-state index >= 15 is 0 Å². The quantitative estimate of drug-likeness (QED) is 0.804. The fraction of sp³-hybridized carbons (Fsp3) is 0.222. The third-order valence-electron chi connectivity index (χ3n) is 1.99. The van der Waals surface area contributed by atoms with Gasteiger partial charge in [-0.1, -0.05) is 10.6 Å². The van der Waals surface area contributed by atoms with Gasteiger partial charge in [-0.2, -0.15) is 0 Å². The number of nitrogens with zero attached hydrogens (tertiary/aromatic N) is 3. The van der Waals surface area contributed by atoms with Crippen LogP contribution in [-0.4, -0.2) is 14.6 Å². The molecule has 2 N–H and O–H groups in total. The molecule has 0 bridgehead atoms. The molecule has 2 rings (SSSR count). The second-order valence-corrected chi connectivity index (χ2v) is 3.65. The van der Waals surface area contributed by atoms with Gasteiger partial charge in [-0.05, 0) is 30.1 Å². The molecule has 0 fully saturated rings. The lowest BCUT2D eigenvalue weighted by Crippen LogP contribution is -2.12. The van der Waals surface area contributed by atoms with Crippen molar-refractivity contribution < 1.29 is 0 Å². The first-order chi connectivity index (χ1) is 6.77. The van der Waals surface area contributed by atoms with Crippen LogP contribution in [-0.2, 0) is 0 Å². The Morgan fingerprint density at radius 3 is 2.86 bits per heavy atom. The summed E-state index contributed by atoms with van der Waals surface area (Å²) in [6.45, 7) is 1.94. The first kappa shape index (κ1) is 9.23. The predicted molar refractivity (Wildman–Crippen MR) is 54.9 cm³/mol. The van der Waals surface area contributed by atoms with Gasteiger partial charge in [0.25, 0.3) is 0 Å². The van der Waals surface area contributed by atoms with E-state index in [1.807, 2.05) is 24.4 Å². The predicted octanol–water partition coefficient (Wildman–Crippen LogP) is 1.29. The topological polar surface area (TPSA) is 64.7 Å². The molecule has 0 aliphatic carbocycles. The first-order valence-electron chi connectivity index (χ1n) is 4.22. The third kappa shape index (κ3) is 1.78. The van der Waals surface area contributed by atoms with Gasteiger partial charge in [0, 0.05) is 17.3 Å². The highest BCUT2D eigenvalue weighted by atomic mass is 32.1. The van der Waals surface area contributed by atoms with E-state index in [1.165, 1.54) is 11.5 Å². The first-order valence-corrected chi connectivity index (χ1v) is 5.06. The number of pyridine rings is 1. The van der Waals surface area contributed by atoms with Gasteiger partial charge in [-0.15, -0.1) is 5.10 Å². The van der Waals surface area contributed by atoms with E-state index in [0.29, 0.717) is 0 Å².